The van der Waals surface area contributed by atoms with Gasteiger partial charge in [0.1, 0.15) is 0 Å². The van der Waals surface area contributed by atoms with Crippen LogP contribution in [0.3, 0.4) is 0 Å². The molecule has 0 aliphatic carbocycles. The molecule has 3 heteroatoms. The highest BCUT2D eigenvalue weighted by molar-refractivity contribution is 5.79. The molecule has 0 bridgehead atoms. The van der Waals surface area contributed by atoms with E-state index in [9.17, 15) is 9.90 Å². The summed E-state index contributed by atoms with van der Waals surface area (Å²) in [5.74, 6) is 0.636. The lowest BCUT2D eigenvalue weighted by Gasteiger charge is -2.33. The van der Waals surface area contributed by atoms with Crippen LogP contribution in [0.2, 0.25) is 0 Å². The Hall–Kier alpha value is -0.570. The first kappa shape index (κ1) is 16.4. The van der Waals surface area contributed by atoms with Gasteiger partial charge >= 0.3 is 0 Å². The Morgan fingerprint density at radius 2 is 1.71 bits per heavy atom. The van der Waals surface area contributed by atoms with Crippen molar-refractivity contribution in [3.63, 3.8) is 0 Å². The second-order valence-corrected chi connectivity index (χ2v) is 5.57. The van der Waals surface area contributed by atoms with E-state index in [-0.39, 0.29) is 17.9 Å². The summed E-state index contributed by atoms with van der Waals surface area (Å²) >= 11 is 0. The van der Waals surface area contributed by atoms with Crippen molar-refractivity contribution >= 4 is 5.91 Å². The molecule has 0 saturated heterocycles. The molecule has 0 saturated carbocycles. The third-order valence-electron chi connectivity index (χ3n) is 3.09. The predicted molar refractivity (Wildman–Crippen MR) is 71.8 cm³/mol. The van der Waals surface area contributed by atoms with E-state index in [2.05, 4.69) is 20.8 Å². The van der Waals surface area contributed by atoms with Gasteiger partial charge in [-0.25, -0.2) is 0 Å². The van der Waals surface area contributed by atoms with E-state index < -0.39 is 6.10 Å². The minimum atomic E-state index is -0.462. The zero-order valence-corrected chi connectivity index (χ0v) is 12.2. The number of aliphatic hydroxyl groups excluding tert-OH is 1. The van der Waals surface area contributed by atoms with Crippen LogP contribution in [0.4, 0.5) is 0 Å². The summed E-state index contributed by atoms with van der Waals surface area (Å²) in [6, 6.07) is 0.148. The molecular weight excluding hydrogens is 214 g/mol. The van der Waals surface area contributed by atoms with Gasteiger partial charge in [0.25, 0.3) is 0 Å². The van der Waals surface area contributed by atoms with E-state index in [1.54, 1.807) is 6.92 Å². The first-order valence-electron chi connectivity index (χ1n) is 6.79. The number of carbonyl (C=O) groups is 1. The second-order valence-electron chi connectivity index (χ2n) is 5.57. The molecule has 0 aliphatic rings. The Balaban J connectivity index is 4.77. The highest BCUT2D eigenvalue weighted by Crippen LogP contribution is 2.21. The lowest BCUT2D eigenvalue weighted by molar-refractivity contribution is -0.140. The molecule has 3 nitrogen and oxygen atoms in total. The molecule has 0 aliphatic heterocycles. The molecule has 2 atom stereocenters. The number of hydrogen-bond donors (Lipinski definition) is 1. The summed E-state index contributed by atoms with van der Waals surface area (Å²) in [7, 11) is 0. The van der Waals surface area contributed by atoms with Crippen molar-refractivity contribution in [1.82, 2.24) is 4.90 Å². The summed E-state index contributed by atoms with van der Waals surface area (Å²) in [6.45, 7) is 12.5. The zero-order chi connectivity index (χ0) is 13.6. The number of nitrogens with zero attached hydrogens (tertiary/aromatic N) is 1. The number of aliphatic hydroxyl groups is 1. The molecule has 2 unspecified atom stereocenters. The average Bonchev–Trinajstić information content (AvgIpc) is 2.20. The molecule has 1 amide bonds. The van der Waals surface area contributed by atoms with Gasteiger partial charge in [0.15, 0.2) is 0 Å². The van der Waals surface area contributed by atoms with Gasteiger partial charge in [-0.15, -0.1) is 0 Å². The molecule has 0 spiro atoms. The smallest absolute Gasteiger partial charge is 0.226 e. The summed E-state index contributed by atoms with van der Waals surface area (Å²) in [5.41, 5.74) is 0. The minimum Gasteiger partial charge on any atom is -0.392 e. The summed E-state index contributed by atoms with van der Waals surface area (Å²) in [4.78, 5) is 14.3. The van der Waals surface area contributed by atoms with Gasteiger partial charge in [0, 0.05) is 18.5 Å². The Morgan fingerprint density at radius 1 is 1.18 bits per heavy atom. The Morgan fingerprint density at radius 3 is 2.00 bits per heavy atom. The highest BCUT2D eigenvalue weighted by atomic mass is 16.3. The number of amides is 1. The molecule has 0 fully saturated rings. The number of carbonyl (C=O) groups excluding carboxylic acids is 1. The molecule has 17 heavy (non-hydrogen) atoms. The summed E-state index contributed by atoms with van der Waals surface area (Å²) in [5, 5.41) is 9.48. The van der Waals surface area contributed by atoms with Crippen LogP contribution in [0.1, 0.15) is 54.4 Å². The first-order valence-corrected chi connectivity index (χ1v) is 6.79. The first-order chi connectivity index (χ1) is 7.81. The topological polar surface area (TPSA) is 40.5 Å². The van der Waals surface area contributed by atoms with Crippen molar-refractivity contribution in [2.45, 2.75) is 66.5 Å². The zero-order valence-electron chi connectivity index (χ0n) is 12.2. The van der Waals surface area contributed by atoms with Crippen molar-refractivity contribution in [2.24, 2.45) is 11.8 Å². The van der Waals surface area contributed by atoms with Crippen LogP contribution < -0.4 is 0 Å². The highest BCUT2D eigenvalue weighted by Gasteiger charge is 2.28. The molecule has 0 heterocycles. The third-order valence-corrected chi connectivity index (χ3v) is 3.09. The van der Waals surface area contributed by atoms with Gasteiger partial charge in [-0.3, -0.25) is 4.79 Å². The van der Waals surface area contributed by atoms with Crippen LogP contribution in [0.15, 0.2) is 0 Å². The minimum absolute atomic E-state index is 0.0844. The average molecular weight is 243 g/mol. The fraction of sp³-hybridized carbons (Fsp3) is 0.929. The van der Waals surface area contributed by atoms with Crippen molar-refractivity contribution in [3.8, 4) is 0 Å². The Bertz CT molecular complexity index is 224. The molecule has 0 rings (SSSR count). The summed E-state index contributed by atoms with van der Waals surface area (Å²) in [6.07, 6.45) is 1.49. The third kappa shape index (κ3) is 5.53. The van der Waals surface area contributed by atoms with Crippen molar-refractivity contribution < 1.29 is 9.90 Å². The van der Waals surface area contributed by atoms with Crippen molar-refractivity contribution in [3.05, 3.63) is 0 Å². The largest absolute Gasteiger partial charge is 0.392 e. The molecule has 0 aromatic carbocycles. The van der Waals surface area contributed by atoms with E-state index >= 15 is 0 Å². The van der Waals surface area contributed by atoms with Crippen molar-refractivity contribution in [1.29, 1.82) is 0 Å². The molecule has 102 valence electrons. The molecule has 1 N–H and O–H groups in total. The summed E-state index contributed by atoms with van der Waals surface area (Å²) < 4.78 is 0. The standard InChI is InChI=1S/C14H29NO2/c1-7-8-13(10(2)3)14(17)15(11(4)5)9-12(6)16/h10-13,16H,7-9H2,1-6H3. The lowest BCUT2D eigenvalue weighted by Crippen LogP contribution is -2.45. The van der Waals surface area contributed by atoms with E-state index in [0.29, 0.717) is 12.5 Å². The van der Waals surface area contributed by atoms with Crippen LogP contribution in [-0.4, -0.2) is 34.6 Å². The molecule has 0 radical (unpaired) electrons. The molecule has 0 aromatic rings. The predicted octanol–water partition coefficient (Wildman–Crippen LogP) is 2.68. The Kier molecular flexibility index (Phi) is 7.44. The second kappa shape index (κ2) is 7.70. The van der Waals surface area contributed by atoms with Crippen LogP contribution >= 0.6 is 0 Å². The van der Waals surface area contributed by atoms with Gasteiger partial charge in [0.05, 0.1) is 6.10 Å². The maximum absolute atomic E-state index is 12.5. The van der Waals surface area contributed by atoms with Crippen LogP contribution in [-0.2, 0) is 4.79 Å². The van der Waals surface area contributed by atoms with Gasteiger partial charge in [-0.1, -0.05) is 27.2 Å². The molecular formula is C14H29NO2. The lowest BCUT2D eigenvalue weighted by atomic mass is 9.89. The maximum Gasteiger partial charge on any atom is 0.226 e. The van der Waals surface area contributed by atoms with Gasteiger partial charge in [-0.05, 0) is 33.1 Å². The van der Waals surface area contributed by atoms with Gasteiger partial charge < -0.3 is 10.0 Å². The SMILES string of the molecule is CCCC(C(=O)N(CC(C)O)C(C)C)C(C)C. The quantitative estimate of drug-likeness (QED) is 0.747. The van der Waals surface area contributed by atoms with Crippen molar-refractivity contribution in [2.75, 3.05) is 6.54 Å². The maximum atomic E-state index is 12.5. The fourth-order valence-electron chi connectivity index (χ4n) is 2.11. The van der Waals surface area contributed by atoms with Gasteiger partial charge in [0.2, 0.25) is 5.91 Å². The fourth-order valence-corrected chi connectivity index (χ4v) is 2.11. The normalized spacial score (nSPS) is 15.1. The van der Waals surface area contributed by atoms with Gasteiger partial charge in [-0.2, -0.15) is 0 Å². The van der Waals surface area contributed by atoms with E-state index in [1.165, 1.54) is 0 Å². The van der Waals surface area contributed by atoms with E-state index in [1.807, 2.05) is 18.7 Å². The monoisotopic (exact) mass is 243 g/mol. The van der Waals surface area contributed by atoms with Crippen LogP contribution in [0.5, 0.6) is 0 Å². The van der Waals surface area contributed by atoms with E-state index in [4.69, 9.17) is 0 Å². The number of hydrogen-bond acceptors (Lipinski definition) is 2. The molecule has 0 aromatic heterocycles. The number of rotatable bonds is 7. The van der Waals surface area contributed by atoms with Crippen LogP contribution in [0, 0.1) is 11.8 Å². The Labute approximate surface area is 106 Å². The van der Waals surface area contributed by atoms with E-state index in [0.717, 1.165) is 12.8 Å². The van der Waals surface area contributed by atoms with Crippen LogP contribution in [0.25, 0.3) is 0 Å².